The molecule has 0 aliphatic heterocycles. The Hall–Kier alpha value is -2.64. The molecule has 5 nitrogen and oxygen atoms in total. The zero-order chi connectivity index (χ0) is 18.2. The number of nitrogens with zero attached hydrogens (tertiary/aromatic N) is 1. The Labute approximate surface area is 135 Å². The maximum Gasteiger partial charge on any atom is 0.421 e. The molecule has 1 N–H and O–H groups in total. The van der Waals surface area contributed by atoms with Crippen LogP contribution < -0.4 is 5.56 Å². The van der Waals surface area contributed by atoms with Gasteiger partial charge < -0.3 is 9.55 Å². The van der Waals surface area contributed by atoms with Crippen LogP contribution in [-0.4, -0.2) is 21.1 Å². The molecule has 8 heteroatoms. The lowest BCUT2D eigenvalue weighted by Crippen LogP contribution is -2.30. The van der Waals surface area contributed by atoms with Gasteiger partial charge in [-0.05, 0) is 38.5 Å². The smallest absolute Gasteiger partial charge is 0.355 e. The SMILES string of the molecule is CC(=O)c1c(C)[nH]c(C(=O)Cn2cccc(C(F)(F)F)c2=O)c1C. The van der Waals surface area contributed by atoms with Gasteiger partial charge in [0.15, 0.2) is 11.6 Å². The molecule has 0 bridgehead atoms. The van der Waals surface area contributed by atoms with E-state index in [2.05, 4.69) is 4.98 Å². The van der Waals surface area contributed by atoms with Crippen LogP contribution in [0.15, 0.2) is 23.1 Å². The van der Waals surface area contributed by atoms with E-state index in [9.17, 15) is 27.6 Å². The maximum absolute atomic E-state index is 12.8. The first-order valence-electron chi connectivity index (χ1n) is 7.04. The number of ketones is 2. The van der Waals surface area contributed by atoms with E-state index in [0.717, 1.165) is 12.3 Å². The number of carbonyl (C=O) groups excluding carboxylic acids is 2. The Morgan fingerprint density at radius 3 is 2.38 bits per heavy atom. The van der Waals surface area contributed by atoms with E-state index in [-0.39, 0.29) is 11.5 Å². The number of carbonyl (C=O) groups is 2. The average molecular weight is 340 g/mol. The Morgan fingerprint density at radius 1 is 1.25 bits per heavy atom. The highest BCUT2D eigenvalue weighted by atomic mass is 19.4. The highest BCUT2D eigenvalue weighted by Gasteiger charge is 2.34. The Kier molecular flexibility index (Phi) is 4.50. The van der Waals surface area contributed by atoms with Gasteiger partial charge in [0, 0.05) is 17.5 Å². The second-order valence-corrected chi connectivity index (χ2v) is 5.46. The normalized spacial score (nSPS) is 11.6. The number of hydrogen-bond donors (Lipinski definition) is 1. The minimum absolute atomic E-state index is 0.113. The van der Waals surface area contributed by atoms with Crippen molar-refractivity contribution in [2.24, 2.45) is 0 Å². The summed E-state index contributed by atoms with van der Waals surface area (Å²) in [4.78, 5) is 38.6. The number of nitrogens with one attached hydrogen (secondary N) is 1. The van der Waals surface area contributed by atoms with Crippen molar-refractivity contribution in [1.29, 1.82) is 0 Å². The predicted molar refractivity (Wildman–Crippen MR) is 80.3 cm³/mol. The highest BCUT2D eigenvalue weighted by molar-refractivity contribution is 6.03. The number of aromatic amines is 1. The molecule has 2 aromatic heterocycles. The van der Waals surface area contributed by atoms with Gasteiger partial charge in [-0.3, -0.25) is 14.4 Å². The van der Waals surface area contributed by atoms with Gasteiger partial charge >= 0.3 is 6.18 Å². The van der Waals surface area contributed by atoms with Crippen LogP contribution in [0.3, 0.4) is 0 Å². The second kappa shape index (κ2) is 6.10. The number of alkyl halides is 3. The highest BCUT2D eigenvalue weighted by Crippen LogP contribution is 2.26. The number of aryl methyl sites for hydroxylation is 1. The summed E-state index contributed by atoms with van der Waals surface area (Å²) >= 11 is 0. The number of rotatable bonds is 4. The molecule has 0 aromatic carbocycles. The molecule has 0 radical (unpaired) electrons. The van der Waals surface area contributed by atoms with Crippen LogP contribution in [0.4, 0.5) is 13.2 Å². The van der Waals surface area contributed by atoms with Crippen LogP contribution in [0.25, 0.3) is 0 Å². The predicted octanol–water partition coefficient (Wildman–Crippen LogP) is 2.90. The molecule has 0 fully saturated rings. The van der Waals surface area contributed by atoms with Gasteiger partial charge in [-0.25, -0.2) is 0 Å². The first kappa shape index (κ1) is 17.7. The van der Waals surface area contributed by atoms with Gasteiger partial charge in [0.1, 0.15) is 5.56 Å². The Balaban J connectivity index is 2.40. The third kappa shape index (κ3) is 3.17. The maximum atomic E-state index is 12.8. The topological polar surface area (TPSA) is 71.9 Å². The summed E-state index contributed by atoms with van der Waals surface area (Å²) in [6.07, 6.45) is -3.67. The summed E-state index contributed by atoms with van der Waals surface area (Å²) in [6, 6.07) is 1.73. The molecule has 128 valence electrons. The van der Waals surface area contributed by atoms with Crippen molar-refractivity contribution in [2.75, 3.05) is 0 Å². The van der Waals surface area contributed by atoms with Crippen LogP contribution >= 0.6 is 0 Å². The molecule has 2 heterocycles. The number of pyridine rings is 1. The molecule has 0 unspecified atom stereocenters. The van der Waals surface area contributed by atoms with Gasteiger partial charge in [-0.15, -0.1) is 0 Å². The zero-order valence-corrected chi connectivity index (χ0v) is 13.2. The van der Waals surface area contributed by atoms with Crippen LogP contribution in [0.1, 0.15) is 44.6 Å². The lowest BCUT2D eigenvalue weighted by atomic mass is 10.1. The van der Waals surface area contributed by atoms with Crippen molar-refractivity contribution >= 4 is 11.6 Å². The van der Waals surface area contributed by atoms with E-state index >= 15 is 0 Å². The Bertz CT molecular complexity index is 876. The van der Waals surface area contributed by atoms with Gasteiger partial charge in [-0.1, -0.05) is 0 Å². The van der Waals surface area contributed by atoms with E-state index in [1.165, 1.54) is 6.92 Å². The number of H-pyrrole nitrogens is 1. The van der Waals surface area contributed by atoms with Crippen molar-refractivity contribution in [3.63, 3.8) is 0 Å². The van der Waals surface area contributed by atoms with E-state index in [4.69, 9.17) is 0 Å². The molecule has 0 atom stereocenters. The van der Waals surface area contributed by atoms with Crippen molar-refractivity contribution in [3.05, 3.63) is 56.8 Å². The van der Waals surface area contributed by atoms with Gasteiger partial charge in [-0.2, -0.15) is 13.2 Å². The summed E-state index contributed by atoms with van der Waals surface area (Å²) in [5, 5.41) is 0. The van der Waals surface area contributed by atoms with E-state index < -0.39 is 29.6 Å². The third-order valence-corrected chi connectivity index (χ3v) is 3.71. The molecule has 0 aliphatic rings. The molecule has 2 rings (SSSR count). The van der Waals surface area contributed by atoms with E-state index in [1.54, 1.807) is 13.8 Å². The summed E-state index contributed by atoms with van der Waals surface area (Å²) in [6.45, 7) is 3.99. The average Bonchev–Trinajstić information content (AvgIpc) is 2.75. The third-order valence-electron chi connectivity index (χ3n) is 3.71. The van der Waals surface area contributed by atoms with Crippen LogP contribution in [-0.2, 0) is 12.7 Å². The molecule has 2 aromatic rings. The van der Waals surface area contributed by atoms with E-state index in [0.29, 0.717) is 27.5 Å². The number of aromatic nitrogens is 2. The monoisotopic (exact) mass is 340 g/mol. The van der Waals surface area contributed by atoms with Crippen molar-refractivity contribution in [1.82, 2.24) is 9.55 Å². The Morgan fingerprint density at radius 2 is 1.88 bits per heavy atom. The first-order valence-corrected chi connectivity index (χ1v) is 7.04. The molecule has 0 saturated heterocycles. The van der Waals surface area contributed by atoms with Crippen LogP contribution in [0.5, 0.6) is 0 Å². The van der Waals surface area contributed by atoms with Crippen molar-refractivity contribution in [2.45, 2.75) is 33.5 Å². The fraction of sp³-hybridized carbons (Fsp3) is 0.312. The largest absolute Gasteiger partial charge is 0.421 e. The lowest BCUT2D eigenvalue weighted by molar-refractivity contribution is -0.139. The molecular weight excluding hydrogens is 325 g/mol. The van der Waals surface area contributed by atoms with Gasteiger partial charge in [0.25, 0.3) is 5.56 Å². The molecule has 0 aliphatic carbocycles. The van der Waals surface area contributed by atoms with E-state index in [1.807, 2.05) is 0 Å². The summed E-state index contributed by atoms with van der Waals surface area (Å²) in [5.74, 6) is -0.805. The molecule has 0 saturated carbocycles. The minimum atomic E-state index is -4.79. The summed E-state index contributed by atoms with van der Waals surface area (Å²) in [5.41, 5.74) is -1.21. The molecule has 24 heavy (non-hydrogen) atoms. The first-order chi connectivity index (χ1) is 11.0. The molecular formula is C16H15F3N2O3. The quantitative estimate of drug-likeness (QED) is 0.870. The van der Waals surface area contributed by atoms with Crippen LogP contribution in [0.2, 0.25) is 0 Å². The fourth-order valence-electron chi connectivity index (χ4n) is 2.67. The standard InChI is InChI=1S/C16H15F3N2O3/c1-8-13(10(3)22)9(2)20-14(8)12(23)7-21-6-4-5-11(15(21)24)16(17,18)19/h4-6,20H,7H2,1-3H3. The second-order valence-electron chi connectivity index (χ2n) is 5.46. The van der Waals surface area contributed by atoms with Gasteiger partial charge in [0.2, 0.25) is 0 Å². The van der Waals surface area contributed by atoms with Crippen molar-refractivity contribution < 1.29 is 22.8 Å². The summed E-state index contributed by atoms with van der Waals surface area (Å²) < 4.78 is 39.0. The van der Waals surface area contributed by atoms with Crippen LogP contribution in [0, 0.1) is 13.8 Å². The summed E-state index contributed by atoms with van der Waals surface area (Å²) in [7, 11) is 0. The van der Waals surface area contributed by atoms with Crippen molar-refractivity contribution in [3.8, 4) is 0 Å². The molecule has 0 spiro atoms. The zero-order valence-electron chi connectivity index (χ0n) is 13.2. The minimum Gasteiger partial charge on any atom is -0.355 e. The fourth-order valence-corrected chi connectivity index (χ4v) is 2.67. The van der Waals surface area contributed by atoms with Gasteiger partial charge in [0.05, 0.1) is 12.2 Å². The molecule has 0 amide bonds. The number of Topliss-reactive ketones (excluding diaryl/α,β-unsaturated/α-hetero) is 2. The lowest BCUT2D eigenvalue weighted by Gasteiger charge is -2.09. The number of halogens is 3. The number of hydrogen-bond acceptors (Lipinski definition) is 3.